The van der Waals surface area contributed by atoms with E-state index in [-0.39, 0.29) is 23.5 Å². The molecular formula is C12H14N2O6S. The molecule has 0 saturated heterocycles. The number of carboxylic acid groups (broad SMARTS) is 1. The summed E-state index contributed by atoms with van der Waals surface area (Å²) in [5.74, 6) is -0.160. The number of rotatable bonds is 6. The van der Waals surface area contributed by atoms with E-state index in [9.17, 15) is 14.9 Å². The highest BCUT2D eigenvalue weighted by Gasteiger charge is 2.27. The number of nitrogens with zero attached hydrogens (tertiary/aromatic N) is 1. The first-order chi connectivity index (χ1) is 9.90. The van der Waals surface area contributed by atoms with Gasteiger partial charge in [0.2, 0.25) is 6.79 Å². The maximum atomic E-state index is 11.2. The van der Waals surface area contributed by atoms with E-state index in [0.29, 0.717) is 17.1 Å². The van der Waals surface area contributed by atoms with E-state index >= 15 is 0 Å². The van der Waals surface area contributed by atoms with Crippen molar-refractivity contribution >= 4 is 23.4 Å². The standard InChI is InChI=1S/C12H14N2O6S/c1-6(21-4-8(13)12(15)16)7-2-10-11(20-5-19-10)3-9(7)14(17)18/h2-3,6,8H,4-5,13H2,1H3,(H,15,16). The maximum absolute atomic E-state index is 11.2. The normalized spacial score (nSPS) is 15.5. The van der Waals surface area contributed by atoms with Crippen molar-refractivity contribution in [2.75, 3.05) is 12.5 Å². The Labute approximate surface area is 124 Å². The Kier molecular flexibility index (Phi) is 4.53. The molecule has 8 nitrogen and oxygen atoms in total. The summed E-state index contributed by atoms with van der Waals surface area (Å²) in [6.45, 7) is 1.78. The monoisotopic (exact) mass is 314 g/mol. The lowest BCUT2D eigenvalue weighted by atomic mass is 10.1. The minimum absolute atomic E-state index is 0.0291. The van der Waals surface area contributed by atoms with Gasteiger partial charge in [-0.25, -0.2) is 0 Å². The number of hydrogen-bond donors (Lipinski definition) is 2. The minimum Gasteiger partial charge on any atom is -0.480 e. The van der Waals surface area contributed by atoms with Crippen LogP contribution in [-0.4, -0.2) is 34.6 Å². The minimum atomic E-state index is -1.10. The molecule has 21 heavy (non-hydrogen) atoms. The topological polar surface area (TPSA) is 125 Å². The molecule has 1 aromatic rings. The molecule has 2 rings (SSSR count). The van der Waals surface area contributed by atoms with E-state index in [1.807, 2.05) is 0 Å². The maximum Gasteiger partial charge on any atom is 0.321 e. The fourth-order valence-corrected chi connectivity index (χ4v) is 2.85. The molecule has 0 spiro atoms. The van der Waals surface area contributed by atoms with Gasteiger partial charge in [0.15, 0.2) is 11.5 Å². The SMILES string of the molecule is CC(SCC(N)C(=O)O)c1cc2c(cc1[N+](=O)[O-])OCO2. The lowest BCUT2D eigenvalue weighted by molar-refractivity contribution is -0.385. The highest BCUT2D eigenvalue weighted by molar-refractivity contribution is 7.99. The van der Waals surface area contributed by atoms with E-state index < -0.39 is 16.9 Å². The molecule has 1 heterocycles. The molecule has 2 unspecified atom stereocenters. The number of nitro groups is 1. The number of carboxylic acids is 1. The summed E-state index contributed by atoms with van der Waals surface area (Å²) in [6, 6.07) is 1.88. The molecule has 0 bridgehead atoms. The van der Waals surface area contributed by atoms with Crippen LogP contribution in [0.1, 0.15) is 17.7 Å². The largest absolute Gasteiger partial charge is 0.480 e. The van der Waals surface area contributed by atoms with Gasteiger partial charge in [0, 0.05) is 16.6 Å². The number of fused-ring (bicyclic) bond motifs is 1. The molecule has 114 valence electrons. The van der Waals surface area contributed by atoms with Crippen molar-refractivity contribution in [2.24, 2.45) is 5.73 Å². The van der Waals surface area contributed by atoms with Gasteiger partial charge in [-0.15, -0.1) is 0 Å². The molecule has 1 aromatic carbocycles. The van der Waals surface area contributed by atoms with E-state index in [1.54, 1.807) is 13.0 Å². The lowest BCUT2D eigenvalue weighted by Gasteiger charge is -2.14. The van der Waals surface area contributed by atoms with Crippen LogP contribution in [0, 0.1) is 10.1 Å². The van der Waals surface area contributed by atoms with E-state index in [1.165, 1.54) is 17.8 Å². The summed E-state index contributed by atoms with van der Waals surface area (Å²) in [7, 11) is 0. The van der Waals surface area contributed by atoms with Gasteiger partial charge in [-0.05, 0) is 13.0 Å². The second-order valence-corrected chi connectivity index (χ2v) is 5.82. The Morgan fingerprint density at radius 1 is 1.52 bits per heavy atom. The van der Waals surface area contributed by atoms with Crippen LogP contribution in [0.25, 0.3) is 0 Å². The molecule has 1 aliphatic rings. The molecule has 1 aliphatic heterocycles. The van der Waals surface area contributed by atoms with Gasteiger partial charge >= 0.3 is 5.97 Å². The fourth-order valence-electron chi connectivity index (χ4n) is 1.84. The Morgan fingerprint density at radius 3 is 2.71 bits per heavy atom. The van der Waals surface area contributed by atoms with Gasteiger partial charge in [0.05, 0.1) is 11.0 Å². The highest BCUT2D eigenvalue weighted by Crippen LogP contribution is 2.43. The van der Waals surface area contributed by atoms with Crippen molar-refractivity contribution in [1.82, 2.24) is 0 Å². The van der Waals surface area contributed by atoms with Gasteiger partial charge in [-0.2, -0.15) is 11.8 Å². The van der Waals surface area contributed by atoms with Crippen LogP contribution in [-0.2, 0) is 4.79 Å². The molecule has 3 N–H and O–H groups in total. The Morgan fingerprint density at radius 2 is 2.14 bits per heavy atom. The van der Waals surface area contributed by atoms with Crippen LogP contribution in [0.2, 0.25) is 0 Å². The quantitative estimate of drug-likeness (QED) is 0.598. The van der Waals surface area contributed by atoms with Gasteiger partial charge in [0.1, 0.15) is 6.04 Å². The average molecular weight is 314 g/mol. The predicted octanol–water partition coefficient (Wildman–Crippen LogP) is 1.53. The van der Waals surface area contributed by atoms with Crippen molar-refractivity contribution in [3.63, 3.8) is 0 Å². The third kappa shape index (κ3) is 3.37. The molecule has 9 heteroatoms. The van der Waals surface area contributed by atoms with Gasteiger partial charge in [-0.1, -0.05) is 0 Å². The summed E-state index contributed by atoms with van der Waals surface area (Å²) in [4.78, 5) is 21.4. The summed E-state index contributed by atoms with van der Waals surface area (Å²) < 4.78 is 10.3. The number of hydrogen-bond acceptors (Lipinski definition) is 7. The van der Waals surface area contributed by atoms with Crippen molar-refractivity contribution in [3.05, 3.63) is 27.8 Å². The van der Waals surface area contributed by atoms with Crippen LogP contribution in [0.3, 0.4) is 0 Å². The molecule has 0 amide bonds. The Hall–Kier alpha value is -2.00. The lowest BCUT2D eigenvalue weighted by Crippen LogP contribution is -2.32. The van der Waals surface area contributed by atoms with Crippen molar-refractivity contribution in [1.29, 1.82) is 0 Å². The molecule has 0 aromatic heterocycles. The molecule has 0 radical (unpaired) electrons. The first-order valence-electron chi connectivity index (χ1n) is 6.08. The molecule has 0 fully saturated rings. The number of benzene rings is 1. The van der Waals surface area contributed by atoms with Crippen molar-refractivity contribution < 1.29 is 24.3 Å². The van der Waals surface area contributed by atoms with Crippen molar-refractivity contribution in [2.45, 2.75) is 18.2 Å². The van der Waals surface area contributed by atoms with Gasteiger partial charge < -0.3 is 20.3 Å². The van der Waals surface area contributed by atoms with Gasteiger partial charge in [-0.3, -0.25) is 14.9 Å². The number of thioether (sulfide) groups is 1. The van der Waals surface area contributed by atoms with Crippen LogP contribution < -0.4 is 15.2 Å². The number of ether oxygens (including phenoxy) is 2. The smallest absolute Gasteiger partial charge is 0.321 e. The highest BCUT2D eigenvalue weighted by atomic mass is 32.2. The van der Waals surface area contributed by atoms with E-state index in [4.69, 9.17) is 20.3 Å². The van der Waals surface area contributed by atoms with E-state index in [2.05, 4.69) is 0 Å². The van der Waals surface area contributed by atoms with Crippen LogP contribution in [0.5, 0.6) is 11.5 Å². The third-order valence-corrected chi connectivity index (χ3v) is 4.31. The zero-order valence-corrected chi connectivity index (χ0v) is 12.0. The fraction of sp³-hybridized carbons (Fsp3) is 0.417. The zero-order valence-electron chi connectivity index (χ0n) is 11.1. The number of aliphatic carboxylic acids is 1. The Bertz CT molecular complexity index is 579. The van der Waals surface area contributed by atoms with Crippen LogP contribution >= 0.6 is 11.8 Å². The Balaban J connectivity index is 2.21. The summed E-state index contributed by atoms with van der Waals surface area (Å²) >= 11 is 1.24. The van der Waals surface area contributed by atoms with Crippen LogP contribution in [0.15, 0.2) is 12.1 Å². The molecule has 2 atom stereocenters. The predicted molar refractivity (Wildman–Crippen MR) is 75.7 cm³/mol. The number of carbonyl (C=O) groups is 1. The summed E-state index contributed by atoms with van der Waals surface area (Å²) in [6.07, 6.45) is 0. The second-order valence-electron chi connectivity index (χ2n) is 4.44. The first kappa shape index (κ1) is 15.4. The van der Waals surface area contributed by atoms with Crippen molar-refractivity contribution in [3.8, 4) is 11.5 Å². The third-order valence-electron chi connectivity index (χ3n) is 3.00. The summed E-state index contributed by atoms with van der Waals surface area (Å²) in [5, 5.41) is 19.6. The molecule has 0 aliphatic carbocycles. The number of nitrogens with two attached hydrogens (primary N) is 1. The number of nitro benzene ring substituents is 1. The van der Waals surface area contributed by atoms with Crippen LogP contribution in [0.4, 0.5) is 5.69 Å². The summed E-state index contributed by atoms with van der Waals surface area (Å²) in [5.41, 5.74) is 5.80. The molecule has 0 saturated carbocycles. The van der Waals surface area contributed by atoms with E-state index in [0.717, 1.165) is 0 Å². The first-order valence-corrected chi connectivity index (χ1v) is 7.13. The zero-order chi connectivity index (χ0) is 15.6. The average Bonchev–Trinajstić information content (AvgIpc) is 2.89. The van der Waals surface area contributed by atoms with Gasteiger partial charge in [0.25, 0.3) is 5.69 Å². The second kappa shape index (κ2) is 6.19. The molecular weight excluding hydrogens is 300 g/mol.